The van der Waals surface area contributed by atoms with Crippen molar-refractivity contribution >= 4 is 11.9 Å². The number of hydrogen-bond acceptors (Lipinski definition) is 5. The van der Waals surface area contributed by atoms with Crippen LogP contribution in [0.1, 0.15) is 43.5 Å². The maximum atomic E-state index is 12.3. The highest BCUT2D eigenvalue weighted by atomic mass is 16.2. The van der Waals surface area contributed by atoms with Crippen molar-refractivity contribution in [3.8, 4) is 0 Å². The van der Waals surface area contributed by atoms with E-state index in [0.29, 0.717) is 17.9 Å². The van der Waals surface area contributed by atoms with Crippen LogP contribution in [0.2, 0.25) is 0 Å². The van der Waals surface area contributed by atoms with Gasteiger partial charge in [-0.1, -0.05) is 12.8 Å². The standard InChI is InChI=1S/C14H21N5O/c1-8-9(2)18-19-14(15-8)17-13(20)12-7-10-5-3-4-6-11(10)16-12/h10-12,16H,3-7H2,1-2H3,(H,15,17,19,20). The Morgan fingerprint density at radius 3 is 2.75 bits per heavy atom. The smallest absolute Gasteiger partial charge is 0.249 e. The first-order valence-electron chi connectivity index (χ1n) is 7.38. The van der Waals surface area contributed by atoms with E-state index in [1.165, 1.54) is 25.7 Å². The van der Waals surface area contributed by atoms with Crippen molar-refractivity contribution in [2.75, 3.05) is 5.32 Å². The van der Waals surface area contributed by atoms with E-state index in [2.05, 4.69) is 25.8 Å². The summed E-state index contributed by atoms with van der Waals surface area (Å²) >= 11 is 0. The average Bonchev–Trinajstić information content (AvgIpc) is 2.87. The minimum absolute atomic E-state index is 0.0375. The number of fused-ring (bicyclic) bond motifs is 1. The van der Waals surface area contributed by atoms with Crippen LogP contribution in [-0.2, 0) is 4.79 Å². The summed E-state index contributed by atoms with van der Waals surface area (Å²) in [5.41, 5.74) is 1.58. The van der Waals surface area contributed by atoms with Gasteiger partial charge in [-0.05, 0) is 39.0 Å². The number of anilines is 1. The largest absolute Gasteiger partial charge is 0.303 e. The van der Waals surface area contributed by atoms with Crippen LogP contribution in [0.15, 0.2) is 0 Å². The molecule has 0 radical (unpaired) electrons. The van der Waals surface area contributed by atoms with E-state index in [1.54, 1.807) is 0 Å². The first-order chi connectivity index (χ1) is 9.63. The van der Waals surface area contributed by atoms with Crippen molar-refractivity contribution < 1.29 is 4.79 Å². The van der Waals surface area contributed by atoms with E-state index in [1.807, 2.05) is 13.8 Å². The number of rotatable bonds is 2. The highest BCUT2D eigenvalue weighted by Gasteiger charge is 2.38. The molecule has 0 spiro atoms. The zero-order valence-electron chi connectivity index (χ0n) is 12.0. The number of nitrogens with one attached hydrogen (secondary N) is 2. The Morgan fingerprint density at radius 2 is 2.00 bits per heavy atom. The van der Waals surface area contributed by atoms with Gasteiger partial charge in [-0.15, -0.1) is 5.10 Å². The van der Waals surface area contributed by atoms with Crippen LogP contribution in [0, 0.1) is 19.8 Å². The van der Waals surface area contributed by atoms with Crippen molar-refractivity contribution in [1.29, 1.82) is 0 Å². The molecular weight excluding hydrogens is 254 g/mol. The number of carbonyl (C=O) groups excluding carboxylic acids is 1. The van der Waals surface area contributed by atoms with E-state index in [0.717, 1.165) is 17.8 Å². The van der Waals surface area contributed by atoms with Crippen molar-refractivity contribution in [2.45, 2.75) is 58.0 Å². The third-order valence-electron chi connectivity index (χ3n) is 4.51. The molecule has 1 aromatic heterocycles. The molecule has 1 aliphatic heterocycles. The summed E-state index contributed by atoms with van der Waals surface area (Å²) in [5.74, 6) is 0.914. The number of carbonyl (C=O) groups is 1. The highest BCUT2D eigenvalue weighted by Crippen LogP contribution is 2.33. The topological polar surface area (TPSA) is 79.8 Å². The van der Waals surface area contributed by atoms with E-state index in [9.17, 15) is 4.79 Å². The molecule has 1 aromatic rings. The minimum atomic E-state index is -0.117. The maximum absolute atomic E-state index is 12.3. The molecule has 2 aliphatic rings. The molecule has 1 amide bonds. The lowest BCUT2D eigenvalue weighted by Gasteiger charge is -2.24. The van der Waals surface area contributed by atoms with Gasteiger partial charge < -0.3 is 5.32 Å². The molecule has 6 heteroatoms. The van der Waals surface area contributed by atoms with Crippen molar-refractivity contribution in [1.82, 2.24) is 20.5 Å². The molecule has 6 nitrogen and oxygen atoms in total. The lowest BCUT2D eigenvalue weighted by atomic mass is 9.85. The number of nitrogens with zero attached hydrogens (tertiary/aromatic N) is 3. The minimum Gasteiger partial charge on any atom is -0.303 e. The van der Waals surface area contributed by atoms with E-state index in [-0.39, 0.29) is 11.9 Å². The van der Waals surface area contributed by atoms with Gasteiger partial charge in [0.1, 0.15) is 0 Å². The molecule has 3 rings (SSSR count). The van der Waals surface area contributed by atoms with Crippen LogP contribution < -0.4 is 10.6 Å². The van der Waals surface area contributed by atoms with Crippen molar-refractivity contribution in [2.24, 2.45) is 5.92 Å². The Morgan fingerprint density at radius 1 is 1.20 bits per heavy atom. The molecular formula is C14H21N5O. The number of amides is 1. The second-order valence-corrected chi connectivity index (χ2v) is 5.90. The molecule has 3 atom stereocenters. The average molecular weight is 275 g/mol. The van der Waals surface area contributed by atoms with E-state index in [4.69, 9.17) is 0 Å². The summed E-state index contributed by atoms with van der Waals surface area (Å²) in [6.45, 7) is 3.71. The number of aryl methyl sites for hydroxylation is 2. The van der Waals surface area contributed by atoms with Gasteiger partial charge in [0, 0.05) is 6.04 Å². The Hall–Kier alpha value is -1.56. The molecule has 0 aromatic carbocycles. The van der Waals surface area contributed by atoms with Gasteiger partial charge in [-0.25, -0.2) is 4.98 Å². The summed E-state index contributed by atoms with van der Waals surface area (Å²) in [6, 6.07) is 0.395. The van der Waals surface area contributed by atoms with Gasteiger partial charge in [-0.3, -0.25) is 10.1 Å². The SMILES string of the molecule is Cc1nnc(NC(=O)C2CC3CCCCC3N2)nc1C. The summed E-state index contributed by atoms with van der Waals surface area (Å²) in [6.07, 6.45) is 5.92. The first-order valence-corrected chi connectivity index (χ1v) is 7.38. The number of aromatic nitrogens is 3. The van der Waals surface area contributed by atoms with Gasteiger partial charge in [0.05, 0.1) is 17.4 Å². The Balaban J connectivity index is 1.63. The molecule has 2 N–H and O–H groups in total. The molecule has 1 saturated carbocycles. The first kappa shape index (κ1) is 13.4. The Kier molecular flexibility index (Phi) is 3.65. The normalized spacial score (nSPS) is 29.0. The number of hydrogen-bond donors (Lipinski definition) is 2. The second kappa shape index (κ2) is 5.44. The highest BCUT2D eigenvalue weighted by molar-refractivity contribution is 5.93. The second-order valence-electron chi connectivity index (χ2n) is 5.90. The predicted molar refractivity (Wildman–Crippen MR) is 75.2 cm³/mol. The zero-order valence-corrected chi connectivity index (χ0v) is 12.0. The predicted octanol–water partition coefficient (Wildman–Crippen LogP) is 1.35. The Bertz CT molecular complexity index is 504. The molecule has 20 heavy (non-hydrogen) atoms. The van der Waals surface area contributed by atoms with Crippen LogP contribution in [0.5, 0.6) is 0 Å². The van der Waals surface area contributed by atoms with Crippen LogP contribution >= 0.6 is 0 Å². The molecule has 0 bridgehead atoms. The third-order valence-corrected chi connectivity index (χ3v) is 4.51. The fourth-order valence-electron chi connectivity index (χ4n) is 3.23. The fourth-order valence-corrected chi connectivity index (χ4v) is 3.23. The summed E-state index contributed by atoms with van der Waals surface area (Å²) in [5, 5.41) is 14.1. The van der Waals surface area contributed by atoms with Crippen LogP contribution in [0.3, 0.4) is 0 Å². The van der Waals surface area contributed by atoms with Gasteiger partial charge in [-0.2, -0.15) is 5.10 Å². The lowest BCUT2D eigenvalue weighted by Crippen LogP contribution is -2.40. The quantitative estimate of drug-likeness (QED) is 0.851. The molecule has 108 valence electrons. The van der Waals surface area contributed by atoms with E-state index < -0.39 is 0 Å². The molecule has 1 saturated heterocycles. The van der Waals surface area contributed by atoms with Crippen molar-refractivity contribution in [3.63, 3.8) is 0 Å². The van der Waals surface area contributed by atoms with Gasteiger partial charge in [0.2, 0.25) is 11.9 Å². The lowest BCUT2D eigenvalue weighted by molar-refractivity contribution is -0.117. The monoisotopic (exact) mass is 275 g/mol. The molecule has 1 aliphatic carbocycles. The maximum Gasteiger partial charge on any atom is 0.249 e. The zero-order chi connectivity index (χ0) is 14.1. The molecule has 3 unspecified atom stereocenters. The van der Waals surface area contributed by atoms with Crippen LogP contribution in [-0.4, -0.2) is 33.2 Å². The third kappa shape index (κ3) is 2.65. The van der Waals surface area contributed by atoms with Crippen LogP contribution in [0.25, 0.3) is 0 Å². The molecule has 2 heterocycles. The summed E-state index contributed by atoms with van der Waals surface area (Å²) < 4.78 is 0. The van der Waals surface area contributed by atoms with Gasteiger partial charge in [0.25, 0.3) is 0 Å². The van der Waals surface area contributed by atoms with Crippen molar-refractivity contribution in [3.05, 3.63) is 11.4 Å². The summed E-state index contributed by atoms with van der Waals surface area (Å²) in [4.78, 5) is 16.5. The van der Waals surface area contributed by atoms with Crippen LogP contribution in [0.4, 0.5) is 5.95 Å². The van der Waals surface area contributed by atoms with E-state index >= 15 is 0 Å². The fraction of sp³-hybridized carbons (Fsp3) is 0.714. The van der Waals surface area contributed by atoms with Gasteiger partial charge >= 0.3 is 0 Å². The van der Waals surface area contributed by atoms with Gasteiger partial charge in [0.15, 0.2) is 0 Å². The Labute approximate surface area is 118 Å². The molecule has 2 fully saturated rings. The summed E-state index contributed by atoms with van der Waals surface area (Å²) in [7, 11) is 0.